The largest absolute Gasteiger partial charge is 0.385 e. The van der Waals surface area contributed by atoms with Crippen molar-refractivity contribution in [2.24, 2.45) is 0 Å². The summed E-state index contributed by atoms with van der Waals surface area (Å²) in [6.07, 6.45) is 1.35. The molecule has 4 N–H and O–H groups in total. The molecule has 0 amide bonds. The van der Waals surface area contributed by atoms with Gasteiger partial charge in [0.05, 0.1) is 11.6 Å². The van der Waals surface area contributed by atoms with Gasteiger partial charge in [0.1, 0.15) is 11.6 Å². The van der Waals surface area contributed by atoms with Crippen LogP contribution < -0.4 is 16.4 Å². The minimum atomic E-state index is -0.438. The number of fused-ring (bicyclic) bond motifs is 2. The molecule has 1 aromatic carbocycles. The lowest BCUT2D eigenvalue weighted by atomic mass is 9.88. The average Bonchev–Trinajstić information content (AvgIpc) is 2.91. The predicted molar refractivity (Wildman–Crippen MR) is 89.7 cm³/mol. The Morgan fingerprint density at radius 2 is 2.25 bits per heavy atom. The van der Waals surface area contributed by atoms with E-state index in [0.717, 1.165) is 35.5 Å². The van der Waals surface area contributed by atoms with E-state index in [4.69, 9.17) is 5.73 Å². The van der Waals surface area contributed by atoms with E-state index in [2.05, 4.69) is 15.7 Å². The molecule has 4 rings (SSSR count). The number of nitrogens with zero attached hydrogens (tertiary/aromatic N) is 2. The molecule has 24 heavy (non-hydrogen) atoms. The van der Waals surface area contributed by atoms with Crippen molar-refractivity contribution in [1.82, 2.24) is 15.1 Å². The van der Waals surface area contributed by atoms with Crippen LogP contribution in [0, 0.1) is 12.7 Å². The second-order valence-corrected chi connectivity index (χ2v) is 6.44. The third-order valence-corrected chi connectivity index (χ3v) is 4.89. The molecule has 126 valence electrons. The number of rotatable bonds is 1. The third kappa shape index (κ3) is 2.27. The molecule has 1 atom stereocenters. The van der Waals surface area contributed by atoms with Gasteiger partial charge in [-0.25, -0.2) is 4.39 Å². The molecule has 3 heterocycles. The number of benzene rings is 1. The zero-order valence-corrected chi connectivity index (χ0v) is 13.5. The molecule has 2 aromatic rings. The Kier molecular flexibility index (Phi) is 3.53. The summed E-state index contributed by atoms with van der Waals surface area (Å²) in [6.45, 7) is 3.97. The number of carbonyl (C=O) groups excluding carboxylic acids is 1. The minimum absolute atomic E-state index is 0.186. The van der Waals surface area contributed by atoms with Crippen LogP contribution >= 0.6 is 0 Å². The summed E-state index contributed by atoms with van der Waals surface area (Å²) in [6, 6.07) is 2.92. The summed E-state index contributed by atoms with van der Waals surface area (Å²) in [5.74, 6) is -0.554. The molecule has 1 aromatic heterocycles. The first-order valence-electron chi connectivity index (χ1n) is 8.21. The highest BCUT2D eigenvalue weighted by Gasteiger charge is 2.32. The first kappa shape index (κ1) is 15.1. The lowest BCUT2D eigenvalue weighted by molar-refractivity contribution is 0.0859. The quantitative estimate of drug-likeness (QED) is 0.743. The molecule has 0 saturated carbocycles. The molecule has 0 unspecified atom stereocenters. The van der Waals surface area contributed by atoms with E-state index in [9.17, 15) is 9.18 Å². The number of aryl methyl sites for hydroxylation is 1. The summed E-state index contributed by atoms with van der Waals surface area (Å²) in [7, 11) is 0. The molecule has 0 radical (unpaired) electrons. The lowest BCUT2D eigenvalue weighted by Gasteiger charge is -2.27. The fourth-order valence-corrected chi connectivity index (χ4v) is 3.68. The Labute approximate surface area is 139 Å². The highest BCUT2D eigenvalue weighted by atomic mass is 19.1. The van der Waals surface area contributed by atoms with Gasteiger partial charge in [0, 0.05) is 37.3 Å². The molecular formula is C17H20FN5O. The summed E-state index contributed by atoms with van der Waals surface area (Å²) < 4.78 is 15.2. The molecule has 2 aliphatic heterocycles. The number of hydrogen-bond acceptors (Lipinski definition) is 5. The Bertz CT molecular complexity index is 829. The number of nitrogens with two attached hydrogens (primary N) is 1. The number of carbonyl (C=O) groups is 1. The fourth-order valence-electron chi connectivity index (χ4n) is 3.68. The maximum atomic E-state index is 13.9. The van der Waals surface area contributed by atoms with Gasteiger partial charge in [0.25, 0.3) is 5.91 Å². The molecular weight excluding hydrogens is 309 g/mol. The molecule has 7 heteroatoms. The molecule has 0 saturated heterocycles. The SMILES string of the molecule is Cc1cc(F)cc2c1NCC[C@H]2C(=O)n1nc2c(c1N)CNCC2. The lowest BCUT2D eigenvalue weighted by Crippen LogP contribution is -2.29. The van der Waals surface area contributed by atoms with E-state index in [0.29, 0.717) is 30.9 Å². The van der Waals surface area contributed by atoms with Crippen LogP contribution in [0.1, 0.15) is 39.5 Å². The van der Waals surface area contributed by atoms with Gasteiger partial charge in [-0.1, -0.05) is 0 Å². The average molecular weight is 329 g/mol. The van der Waals surface area contributed by atoms with Crippen LogP contribution in [-0.2, 0) is 13.0 Å². The van der Waals surface area contributed by atoms with Crippen LogP contribution in [0.4, 0.5) is 15.9 Å². The first-order valence-corrected chi connectivity index (χ1v) is 8.21. The number of nitrogens with one attached hydrogen (secondary N) is 2. The second kappa shape index (κ2) is 5.59. The van der Waals surface area contributed by atoms with Crippen LogP contribution in [-0.4, -0.2) is 28.8 Å². The van der Waals surface area contributed by atoms with Crippen molar-refractivity contribution in [3.8, 4) is 0 Å². The van der Waals surface area contributed by atoms with Gasteiger partial charge in [-0.15, -0.1) is 0 Å². The number of nitrogen functional groups attached to an aromatic ring is 1. The van der Waals surface area contributed by atoms with Crippen molar-refractivity contribution < 1.29 is 9.18 Å². The molecule has 0 aliphatic carbocycles. The zero-order valence-electron chi connectivity index (χ0n) is 13.5. The van der Waals surface area contributed by atoms with Crippen molar-refractivity contribution >= 4 is 17.4 Å². The maximum absolute atomic E-state index is 13.9. The maximum Gasteiger partial charge on any atom is 0.256 e. The molecule has 0 spiro atoms. The van der Waals surface area contributed by atoms with Crippen LogP contribution in [0.3, 0.4) is 0 Å². The van der Waals surface area contributed by atoms with Crippen molar-refractivity contribution in [2.75, 3.05) is 24.1 Å². The van der Waals surface area contributed by atoms with Gasteiger partial charge in [0.2, 0.25) is 0 Å². The Balaban J connectivity index is 1.76. The Morgan fingerprint density at radius 3 is 3.04 bits per heavy atom. The Morgan fingerprint density at radius 1 is 1.42 bits per heavy atom. The predicted octanol–water partition coefficient (Wildman–Crippen LogP) is 1.80. The standard InChI is InChI=1S/C17H20FN5O/c1-9-6-10(18)7-12-11(2-5-21-15(9)12)17(24)23-16(19)13-8-20-4-3-14(13)22-23/h6-7,11,20-21H,2-5,8,19H2,1H3/t11-/m1/s1. The number of anilines is 2. The molecule has 2 aliphatic rings. The fraction of sp³-hybridized carbons (Fsp3) is 0.412. The summed E-state index contributed by atoms with van der Waals surface area (Å²) in [5.41, 5.74) is 10.3. The summed E-state index contributed by atoms with van der Waals surface area (Å²) >= 11 is 0. The zero-order chi connectivity index (χ0) is 16.8. The number of aromatic nitrogens is 2. The first-order chi connectivity index (χ1) is 11.6. The van der Waals surface area contributed by atoms with Gasteiger partial charge in [-0.2, -0.15) is 9.78 Å². The molecule has 6 nitrogen and oxygen atoms in total. The van der Waals surface area contributed by atoms with Crippen molar-refractivity contribution in [2.45, 2.75) is 32.2 Å². The van der Waals surface area contributed by atoms with E-state index in [1.54, 1.807) is 0 Å². The highest BCUT2D eigenvalue weighted by Crippen LogP contribution is 2.36. The van der Waals surface area contributed by atoms with Gasteiger partial charge >= 0.3 is 0 Å². The van der Waals surface area contributed by atoms with E-state index in [1.807, 2.05) is 6.92 Å². The molecule has 0 fully saturated rings. The normalized spacial score (nSPS) is 19.3. The van der Waals surface area contributed by atoms with E-state index < -0.39 is 5.92 Å². The highest BCUT2D eigenvalue weighted by molar-refractivity contribution is 5.90. The summed E-state index contributed by atoms with van der Waals surface area (Å²) in [5, 5.41) is 10.9. The number of hydrogen-bond donors (Lipinski definition) is 3. The van der Waals surface area contributed by atoms with Crippen molar-refractivity contribution in [3.05, 3.63) is 40.3 Å². The molecule has 0 bridgehead atoms. The Hall–Kier alpha value is -2.41. The van der Waals surface area contributed by atoms with E-state index >= 15 is 0 Å². The van der Waals surface area contributed by atoms with E-state index in [1.165, 1.54) is 16.8 Å². The topological polar surface area (TPSA) is 85.0 Å². The van der Waals surface area contributed by atoms with Gasteiger partial charge in [0.15, 0.2) is 0 Å². The van der Waals surface area contributed by atoms with Gasteiger partial charge in [-0.05, 0) is 36.6 Å². The minimum Gasteiger partial charge on any atom is -0.385 e. The smallest absolute Gasteiger partial charge is 0.256 e. The van der Waals surface area contributed by atoms with Gasteiger partial charge < -0.3 is 16.4 Å². The van der Waals surface area contributed by atoms with Crippen LogP contribution in [0.5, 0.6) is 0 Å². The number of halogens is 1. The van der Waals surface area contributed by atoms with Crippen LogP contribution in [0.2, 0.25) is 0 Å². The van der Waals surface area contributed by atoms with Gasteiger partial charge in [-0.3, -0.25) is 4.79 Å². The van der Waals surface area contributed by atoms with Crippen molar-refractivity contribution in [3.63, 3.8) is 0 Å². The van der Waals surface area contributed by atoms with Crippen LogP contribution in [0.25, 0.3) is 0 Å². The van der Waals surface area contributed by atoms with Crippen LogP contribution in [0.15, 0.2) is 12.1 Å². The second-order valence-electron chi connectivity index (χ2n) is 6.44. The monoisotopic (exact) mass is 329 g/mol. The van der Waals surface area contributed by atoms with E-state index in [-0.39, 0.29) is 11.7 Å². The third-order valence-electron chi connectivity index (χ3n) is 4.89. The summed E-state index contributed by atoms with van der Waals surface area (Å²) in [4.78, 5) is 13.1. The van der Waals surface area contributed by atoms with Crippen molar-refractivity contribution in [1.29, 1.82) is 0 Å².